The molecule has 0 amide bonds. The highest BCUT2D eigenvalue weighted by molar-refractivity contribution is 5.82. The molecule has 1 N–H and O–H groups in total. The first-order chi connectivity index (χ1) is 11.0. The summed E-state index contributed by atoms with van der Waals surface area (Å²) in [4.78, 5) is 11.4. The lowest BCUT2D eigenvalue weighted by molar-refractivity contribution is -0.168. The predicted octanol–water partition coefficient (Wildman–Crippen LogP) is 4.88. The van der Waals surface area contributed by atoms with Gasteiger partial charge in [0.1, 0.15) is 0 Å². The van der Waals surface area contributed by atoms with Gasteiger partial charge in [0, 0.05) is 6.08 Å². The number of rotatable bonds is 4. The van der Waals surface area contributed by atoms with E-state index < -0.39 is 5.60 Å². The molecule has 0 bridgehead atoms. The second-order valence-electron chi connectivity index (χ2n) is 9.40. The zero-order valence-corrected chi connectivity index (χ0v) is 16.4. The van der Waals surface area contributed by atoms with E-state index in [4.69, 9.17) is 4.74 Å². The fraction of sp³-hybridized carbons (Fsp3) is 0.857. The van der Waals surface area contributed by atoms with Gasteiger partial charge in [0.2, 0.25) is 0 Å². The summed E-state index contributed by atoms with van der Waals surface area (Å²) in [5, 5.41) is 11.1. The van der Waals surface area contributed by atoms with Crippen molar-refractivity contribution in [2.75, 3.05) is 7.11 Å². The molecule has 2 aliphatic rings. The molecular weight excluding hydrogens is 300 g/mol. The number of hydrogen-bond acceptors (Lipinski definition) is 3. The quantitative estimate of drug-likeness (QED) is 0.588. The molecule has 0 aromatic carbocycles. The third-order valence-corrected chi connectivity index (χ3v) is 7.15. The van der Waals surface area contributed by atoms with E-state index in [2.05, 4.69) is 20.8 Å². The maximum atomic E-state index is 11.4. The molecule has 0 aliphatic heterocycles. The predicted molar refractivity (Wildman–Crippen MR) is 97.6 cm³/mol. The molecule has 0 spiro atoms. The Balaban J connectivity index is 2.21. The van der Waals surface area contributed by atoms with E-state index in [1.165, 1.54) is 26.4 Å². The summed E-state index contributed by atoms with van der Waals surface area (Å²) in [6.07, 6.45) is 9.15. The van der Waals surface area contributed by atoms with Crippen LogP contribution in [0.5, 0.6) is 0 Å². The summed E-state index contributed by atoms with van der Waals surface area (Å²) in [5.41, 5.74) is 0.983. The van der Waals surface area contributed by atoms with Crippen molar-refractivity contribution in [2.45, 2.75) is 85.2 Å². The minimum Gasteiger partial charge on any atom is -0.466 e. The van der Waals surface area contributed by atoms with E-state index in [0.29, 0.717) is 11.3 Å². The van der Waals surface area contributed by atoms with Crippen LogP contribution < -0.4 is 0 Å². The molecule has 0 saturated heterocycles. The molecule has 0 heterocycles. The standard InChI is InChI=1S/C21H36O3/c1-15(14-18(22)24-6)8-9-17-20(4)12-7-11-19(2,3)16(20)10-13-21(17,5)23/h14,16-17,23H,7-13H2,1-6H3/b15-14+/t16?,17-,20+,21-/m1/s1. The molecule has 4 atom stereocenters. The van der Waals surface area contributed by atoms with Gasteiger partial charge in [-0.2, -0.15) is 0 Å². The van der Waals surface area contributed by atoms with Crippen molar-refractivity contribution in [1.82, 2.24) is 0 Å². The summed E-state index contributed by atoms with van der Waals surface area (Å²) < 4.78 is 4.72. The lowest BCUT2D eigenvalue weighted by Gasteiger charge is -2.61. The number of allylic oxidation sites excluding steroid dienone is 1. The largest absolute Gasteiger partial charge is 0.466 e. The van der Waals surface area contributed by atoms with E-state index in [9.17, 15) is 9.90 Å². The summed E-state index contributed by atoms with van der Waals surface area (Å²) in [5.74, 6) is 0.670. The number of carbonyl (C=O) groups is 1. The van der Waals surface area contributed by atoms with Crippen molar-refractivity contribution in [3.63, 3.8) is 0 Å². The number of hydrogen-bond donors (Lipinski definition) is 1. The number of methoxy groups -OCH3 is 1. The minimum absolute atomic E-state index is 0.190. The van der Waals surface area contributed by atoms with Crippen molar-refractivity contribution in [2.24, 2.45) is 22.7 Å². The smallest absolute Gasteiger partial charge is 0.330 e. The van der Waals surface area contributed by atoms with Crippen LogP contribution in [0, 0.1) is 22.7 Å². The number of carbonyl (C=O) groups excluding carboxylic acids is 1. The summed E-state index contributed by atoms with van der Waals surface area (Å²) in [6, 6.07) is 0. The van der Waals surface area contributed by atoms with Crippen LogP contribution in [-0.2, 0) is 9.53 Å². The van der Waals surface area contributed by atoms with Gasteiger partial charge >= 0.3 is 5.97 Å². The Kier molecular flexibility index (Phi) is 5.54. The monoisotopic (exact) mass is 336 g/mol. The molecular formula is C21H36O3. The van der Waals surface area contributed by atoms with Crippen LogP contribution in [0.3, 0.4) is 0 Å². The van der Waals surface area contributed by atoms with Gasteiger partial charge in [0.25, 0.3) is 0 Å². The summed E-state index contributed by atoms with van der Waals surface area (Å²) >= 11 is 0. The maximum absolute atomic E-state index is 11.4. The van der Waals surface area contributed by atoms with Crippen LogP contribution >= 0.6 is 0 Å². The first-order valence-corrected chi connectivity index (χ1v) is 9.50. The molecule has 1 unspecified atom stereocenters. The second-order valence-corrected chi connectivity index (χ2v) is 9.40. The fourth-order valence-corrected chi connectivity index (χ4v) is 5.97. The van der Waals surface area contributed by atoms with E-state index in [1.807, 2.05) is 13.8 Å². The lowest BCUT2D eigenvalue weighted by Crippen LogP contribution is -2.57. The van der Waals surface area contributed by atoms with Gasteiger partial charge in [0.15, 0.2) is 0 Å². The Morgan fingerprint density at radius 1 is 1.21 bits per heavy atom. The summed E-state index contributed by atoms with van der Waals surface area (Å²) in [6.45, 7) is 11.2. The Morgan fingerprint density at radius 2 is 1.88 bits per heavy atom. The fourth-order valence-electron chi connectivity index (χ4n) is 5.97. The van der Waals surface area contributed by atoms with Gasteiger partial charge in [-0.05, 0) is 75.0 Å². The first kappa shape index (κ1) is 19.5. The van der Waals surface area contributed by atoms with Crippen LogP contribution in [0.4, 0.5) is 0 Å². The van der Waals surface area contributed by atoms with E-state index >= 15 is 0 Å². The molecule has 2 aliphatic carbocycles. The molecule has 3 nitrogen and oxygen atoms in total. The third kappa shape index (κ3) is 3.71. The van der Waals surface area contributed by atoms with Crippen molar-refractivity contribution in [1.29, 1.82) is 0 Å². The van der Waals surface area contributed by atoms with E-state index in [-0.39, 0.29) is 17.3 Å². The topological polar surface area (TPSA) is 46.5 Å². The average Bonchev–Trinajstić information content (AvgIpc) is 2.44. The van der Waals surface area contributed by atoms with Crippen molar-refractivity contribution in [3.8, 4) is 0 Å². The van der Waals surface area contributed by atoms with Crippen LogP contribution in [0.1, 0.15) is 79.6 Å². The Bertz CT molecular complexity index is 503. The van der Waals surface area contributed by atoms with Gasteiger partial charge in [-0.3, -0.25) is 0 Å². The number of ether oxygens (including phenoxy) is 1. The highest BCUT2D eigenvalue weighted by atomic mass is 16.5. The van der Waals surface area contributed by atoms with Gasteiger partial charge < -0.3 is 9.84 Å². The highest BCUT2D eigenvalue weighted by Crippen LogP contribution is 2.62. The molecule has 0 radical (unpaired) electrons. The van der Waals surface area contributed by atoms with E-state index in [0.717, 1.165) is 31.3 Å². The van der Waals surface area contributed by atoms with Crippen LogP contribution in [0.2, 0.25) is 0 Å². The Morgan fingerprint density at radius 3 is 2.50 bits per heavy atom. The maximum Gasteiger partial charge on any atom is 0.330 e. The molecule has 2 fully saturated rings. The molecule has 2 saturated carbocycles. The second kappa shape index (κ2) is 6.82. The SMILES string of the molecule is COC(=O)/C=C(\C)CC[C@@H]1[C@@]2(C)CCCC(C)(C)C2CC[C@@]1(C)O. The normalized spacial score (nSPS) is 39.2. The number of aliphatic hydroxyl groups is 1. The molecule has 24 heavy (non-hydrogen) atoms. The molecule has 0 aromatic heterocycles. The van der Waals surface area contributed by atoms with Crippen molar-refractivity contribution >= 4 is 5.97 Å². The van der Waals surface area contributed by atoms with Gasteiger partial charge in [-0.15, -0.1) is 0 Å². The molecule has 2 rings (SSSR count). The highest BCUT2D eigenvalue weighted by Gasteiger charge is 2.57. The van der Waals surface area contributed by atoms with Gasteiger partial charge in [-0.1, -0.05) is 32.8 Å². The number of fused-ring (bicyclic) bond motifs is 1. The average molecular weight is 337 g/mol. The van der Waals surface area contributed by atoms with Gasteiger partial charge in [0.05, 0.1) is 12.7 Å². The lowest BCUT2D eigenvalue weighted by atomic mass is 9.45. The minimum atomic E-state index is -0.607. The summed E-state index contributed by atoms with van der Waals surface area (Å²) in [7, 11) is 1.41. The van der Waals surface area contributed by atoms with Crippen LogP contribution in [0.15, 0.2) is 11.6 Å². The Hall–Kier alpha value is -0.830. The zero-order valence-electron chi connectivity index (χ0n) is 16.4. The Labute approximate surface area is 147 Å². The molecule has 0 aromatic rings. The number of esters is 1. The van der Waals surface area contributed by atoms with Crippen LogP contribution in [0.25, 0.3) is 0 Å². The molecule has 3 heteroatoms. The first-order valence-electron chi connectivity index (χ1n) is 9.50. The molecule has 138 valence electrons. The van der Waals surface area contributed by atoms with Crippen molar-refractivity contribution < 1.29 is 14.6 Å². The van der Waals surface area contributed by atoms with Crippen LogP contribution in [-0.4, -0.2) is 23.8 Å². The van der Waals surface area contributed by atoms with E-state index in [1.54, 1.807) is 6.08 Å². The third-order valence-electron chi connectivity index (χ3n) is 7.15. The van der Waals surface area contributed by atoms with Crippen molar-refractivity contribution in [3.05, 3.63) is 11.6 Å². The van der Waals surface area contributed by atoms with Gasteiger partial charge in [-0.25, -0.2) is 4.79 Å². The zero-order chi connectivity index (χ0) is 18.2.